The molecule has 1 N–H and O–H groups in total. The Bertz CT molecular complexity index is 365. The van der Waals surface area contributed by atoms with Gasteiger partial charge in [0.15, 0.2) is 6.29 Å². The summed E-state index contributed by atoms with van der Waals surface area (Å²) in [6.45, 7) is 2.26. The van der Waals surface area contributed by atoms with Crippen molar-refractivity contribution in [2.45, 2.75) is 38.2 Å². The highest BCUT2D eigenvalue weighted by Crippen LogP contribution is 2.40. The molecular formula is C12H18N2O2. The Morgan fingerprint density at radius 2 is 2.25 bits per heavy atom. The Balaban J connectivity index is 2.23. The standard InChI is InChI=1S/C12H18N2O2/c1-9-3-5-12(16-2,6-4-9)11-13-7-10(8-15)14-11/h7-9H,3-6H2,1-2H3,(H,13,14). The van der Waals surface area contributed by atoms with Crippen molar-refractivity contribution >= 4 is 6.29 Å². The maximum absolute atomic E-state index is 10.6. The molecule has 1 aromatic rings. The lowest BCUT2D eigenvalue weighted by Crippen LogP contribution is -2.34. The number of aromatic amines is 1. The molecule has 0 aliphatic heterocycles. The van der Waals surface area contributed by atoms with E-state index in [1.165, 1.54) is 0 Å². The van der Waals surface area contributed by atoms with Gasteiger partial charge in [-0.25, -0.2) is 4.98 Å². The minimum atomic E-state index is -0.312. The number of H-pyrrole nitrogens is 1. The lowest BCUT2D eigenvalue weighted by Gasteiger charge is -2.36. The number of aromatic nitrogens is 2. The molecule has 0 bridgehead atoms. The van der Waals surface area contributed by atoms with Crippen LogP contribution in [0.25, 0.3) is 0 Å². The fraction of sp³-hybridized carbons (Fsp3) is 0.667. The Morgan fingerprint density at radius 3 is 2.75 bits per heavy atom. The van der Waals surface area contributed by atoms with Gasteiger partial charge in [0.25, 0.3) is 0 Å². The van der Waals surface area contributed by atoms with Gasteiger partial charge >= 0.3 is 0 Å². The van der Waals surface area contributed by atoms with Crippen molar-refractivity contribution in [2.24, 2.45) is 5.92 Å². The molecule has 1 fully saturated rings. The number of hydrogen-bond acceptors (Lipinski definition) is 3. The van der Waals surface area contributed by atoms with Crippen LogP contribution in [0.3, 0.4) is 0 Å². The molecule has 0 spiro atoms. The Kier molecular flexibility index (Phi) is 3.10. The van der Waals surface area contributed by atoms with Crippen LogP contribution in [0.5, 0.6) is 0 Å². The summed E-state index contributed by atoms with van der Waals surface area (Å²) in [6.07, 6.45) is 6.58. The molecular weight excluding hydrogens is 204 g/mol. The van der Waals surface area contributed by atoms with E-state index in [0.717, 1.165) is 43.7 Å². The quantitative estimate of drug-likeness (QED) is 0.798. The van der Waals surface area contributed by atoms with Crippen LogP contribution in [0.15, 0.2) is 6.20 Å². The third-order valence-electron chi connectivity index (χ3n) is 3.63. The van der Waals surface area contributed by atoms with Gasteiger partial charge in [0.2, 0.25) is 0 Å². The molecule has 1 heterocycles. The largest absolute Gasteiger partial charge is 0.370 e. The molecule has 0 atom stereocenters. The second-order valence-electron chi connectivity index (χ2n) is 4.69. The number of rotatable bonds is 3. The normalized spacial score (nSPS) is 30.2. The van der Waals surface area contributed by atoms with E-state index in [1.807, 2.05) is 0 Å². The van der Waals surface area contributed by atoms with E-state index in [4.69, 9.17) is 4.74 Å². The summed E-state index contributed by atoms with van der Waals surface area (Å²) in [5, 5.41) is 0. The van der Waals surface area contributed by atoms with Crippen LogP contribution < -0.4 is 0 Å². The summed E-state index contributed by atoms with van der Waals surface area (Å²) >= 11 is 0. The van der Waals surface area contributed by atoms with Crippen molar-refractivity contribution in [1.29, 1.82) is 0 Å². The highest BCUT2D eigenvalue weighted by Gasteiger charge is 2.38. The van der Waals surface area contributed by atoms with Crippen molar-refractivity contribution in [3.8, 4) is 0 Å². The van der Waals surface area contributed by atoms with Crippen LogP contribution in [0.2, 0.25) is 0 Å². The molecule has 0 unspecified atom stereocenters. The minimum absolute atomic E-state index is 0.312. The first-order chi connectivity index (χ1) is 7.70. The van der Waals surface area contributed by atoms with Crippen LogP contribution >= 0.6 is 0 Å². The van der Waals surface area contributed by atoms with Crippen molar-refractivity contribution in [3.05, 3.63) is 17.7 Å². The van der Waals surface area contributed by atoms with Gasteiger partial charge in [0, 0.05) is 7.11 Å². The summed E-state index contributed by atoms with van der Waals surface area (Å²) in [4.78, 5) is 17.9. The Labute approximate surface area is 95.4 Å². The average molecular weight is 222 g/mol. The molecule has 0 radical (unpaired) electrons. The number of carbonyl (C=O) groups excluding carboxylic acids is 1. The van der Waals surface area contributed by atoms with Crippen molar-refractivity contribution < 1.29 is 9.53 Å². The molecule has 0 amide bonds. The van der Waals surface area contributed by atoms with E-state index in [0.29, 0.717) is 5.69 Å². The molecule has 1 saturated carbocycles. The number of aldehydes is 1. The van der Waals surface area contributed by atoms with Gasteiger partial charge in [-0.05, 0) is 31.6 Å². The number of imidazole rings is 1. The van der Waals surface area contributed by atoms with E-state index < -0.39 is 0 Å². The predicted molar refractivity (Wildman–Crippen MR) is 60.3 cm³/mol. The number of carbonyl (C=O) groups is 1. The smallest absolute Gasteiger partial charge is 0.167 e. The minimum Gasteiger partial charge on any atom is -0.370 e. The van der Waals surface area contributed by atoms with Gasteiger partial charge in [-0.1, -0.05) is 6.92 Å². The molecule has 1 aliphatic carbocycles. The Morgan fingerprint density at radius 1 is 1.56 bits per heavy atom. The molecule has 1 aromatic heterocycles. The van der Waals surface area contributed by atoms with Gasteiger partial charge in [-0.2, -0.15) is 0 Å². The molecule has 88 valence electrons. The number of methoxy groups -OCH3 is 1. The average Bonchev–Trinajstić information content (AvgIpc) is 2.80. The summed E-state index contributed by atoms with van der Waals surface area (Å²) in [5.74, 6) is 1.55. The van der Waals surface area contributed by atoms with Crippen molar-refractivity contribution in [2.75, 3.05) is 7.11 Å². The molecule has 16 heavy (non-hydrogen) atoms. The maximum atomic E-state index is 10.6. The van der Waals surface area contributed by atoms with E-state index in [2.05, 4.69) is 16.9 Å². The van der Waals surface area contributed by atoms with E-state index in [1.54, 1.807) is 13.3 Å². The SMILES string of the molecule is COC1(c2ncc(C=O)[nH]2)CCC(C)CC1. The lowest BCUT2D eigenvalue weighted by molar-refractivity contribution is -0.0591. The van der Waals surface area contributed by atoms with E-state index in [9.17, 15) is 4.79 Å². The molecule has 4 nitrogen and oxygen atoms in total. The predicted octanol–water partition coefficient (Wildman–Crippen LogP) is 2.27. The zero-order valence-corrected chi connectivity index (χ0v) is 9.82. The van der Waals surface area contributed by atoms with Gasteiger partial charge < -0.3 is 9.72 Å². The van der Waals surface area contributed by atoms with Crippen molar-refractivity contribution in [1.82, 2.24) is 9.97 Å². The fourth-order valence-electron chi connectivity index (χ4n) is 2.39. The zero-order valence-electron chi connectivity index (χ0n) is 9.82. The van der Waals surface area contributed by atoms with Crippen LogP contribution in [-0.4, -0.2) is 23.4 Å². The van der Waals surface area contributed by atoms with Crippen LogP contribution in [0.4, 0.5) is 0 Å². The fourth-order valence-corrected chi connectivity index (χ4v) is 2.39. The second kappa shape index (κ2) is 4.37. The number of ether oxygens (including phenoxy) is 1. The molecule has 2 rings (SSSR count). The van der Waals surface area contributed by atoms with E-state index in [-0.39, 0.29) is 5.60 Å². The maximum Gasteiger partial charge on any atom is 0.167 e. The summed E-state index contributed by atoms with van der Waals surface area (Å²) in [6, 6.07) is 0. The summed E-state index contributed by atoms with van der Waals surface area (Å²) < 4.78 is 5.66. The zero-order chi connectivity index (χ0) is 11.6. The first-order valence-corrected chi connectivity index (χ1v) is 5.76. The summed E-state index contributed by atoms with van der Waals surface area (Å²) in [7, 11) is 1.72. The molecule has 4 heteroatoms. The van der Waals surface area contributed by atoms with Gasteiger partial charge in [-0.3, -0.25) is 4.79 Å². The van der Waals surface area contributed by atoms with Crippen LogP contribution in [0.1, 0.15) is 48.9 Å². The van der Waals surface area contributed by atoms with Gasteiger partial charge in [-0.15, -0.1) is 0 Å². The number of nitrogens with zero attached hydrogens (tertiary/aromatic N) is 1. The first-order valence-electron chi connectivity index (χ1n) is 5.76. The Hall–Kier alpha value is -1.16. The van der Waals surface area contributed by atoms with Gasteiger partial charge in [0.05, 0.1) is 11.9 Å². The lowest BCUT2D eigenvalue weighted by atomic mass is 9.79. The summed E-state index contributed by atoms with van der Waals surface area (Å²) in [5.41, 5.74) is 0.207. The molecule has 1 aliphatic rings. The van der Waals surface area contributed by atoms with Crippen LogP contribution in [-0.2, 0) is 10.3 Å². The first kappa shape index (κ1) is 11.3. The van der Waals surface area contributed by atoms with Gasteiger partial charge in [0.1, 0.15) is 11.4 Å². The molecule has 0 saturated heterocycles. The highest BCUT2D eigenvalue weighted by molar-refractivity contribution is 5.71. The highest BCUT2D eigenvalue weighted by atomic mass is 16.5. The second-order valence-corrected chi connectivity index (χ2v) is 4.69. The topological polar surface area (TPSA) is 55.0 Å². The third kappa shape index (κ3) is 1.89. The monoisotopic (exact) mass is 222 g/mol. The third-order valence-corrected chi connectivity index (χ3v) is 3.63. The number of nitrogens with one attached hydrogen (secondary N) is 1. The van der Waals surface area contributed by atoms with E-state index >= 15 is 0 Å². The van der Waals surface area contributed by atoms with Crippen LogP contribution in [0, 0.1) is 5.92 Å². The molecule has 0 aromatic carbocycles. The number of hydrogen-bond donors (Lipinski definition) is 1. The van der Waals surface area contributed by atoms with Crippen molar-refractivity contribution in [3.63, 3.8) is 0 Å².